The topological polar surface area (TPSA) is 33.1 Å². The van der Waals surface area contributed by atoms with Crippen LogP contribution in [0.25, 0.3) is 0 Å². The van der Waals surface area contributed by atoms with Crippen molar-refractivity contribution in [2.75, 3.05) is 6.61 Å². The molecule has 4 heteroatoms. The summed E-state index contributed by atoms with van der Waals surface area (Å²) in [6.07, 6.45) is 2.53. The summed E-state index contributed by atoms with van der Waals surface area (Å²) in [5.41, 5.74) is -0.213. The summed E-state index contributed by atoms with van der Waals surface area (Å²) in [5.74, 6) is -3.15. The third kappa shape index (κ3) is 1.71. The highest BCUT2D eigenvalue weighted by atomic mass is 19.3. The van der Waals surface area contributed by atoms with Crippen molar-refractivity contribution in [3.8, 4) is 0 Å². The molecule has 0 bridgehead atoms. The lowest BCUT2D eigenvalue weighted by atomic mass is 10.1. The molecule has 1 aromatic heterocycles. The van der Waals surface area contributed by atoms with Crippen LogP contribution in [0.3, 0.4) is 0 Å². The van der Waals surface area contributed by atoms with Gasteiger partial charge in [0.2, 0.25) is 0 Å². The maximum Gasteiger partial charge on any atom is 0.295 e. The highest BCUT2D eigenvalue weighted by Crippen LogP contribution is 2.25. The molecule has 0 aliphatic heterocycles. The van der Waals surface area contributed by atoms with Gasteiger partial charge in [0.25, 0.3) is 5.92 Å². The monoisotopic (exact) mass is 159 g/mol. The summed E-state index contributed by atoms with van der Waals surface area (Å²) in [6, 6.07) is 2.35. The fourth-order valence-corrected chi connectivity index (χ4v) is 0.687. The largest absolute Gasteiger partial charge is 0.390 e. The van der Waals surface area contributed by atoms with E-state index in [4.69, 9.17) is 5.11 Å². The zero-order valence-electron chi connectivity index (χ0n) is 5.67. The number of rotatable bonds is 2. The third-order valence-corrected chi connectivity index (χ3v) is 1.30. The van der Waals surface area contributed by atoms with Crippen molar-refractivity contribution in [1.29, 1.82) is 0 Å². The van der Waals surface area contributed by atoms with Gasteiger partial charge in [0.15, 0.2) is 0 Å². The average molecular weight is 159 g/mol. The summed E-state index contributed by atoms with van der Waals surface area (Å²) >= 11 is 0. The van der Waals surface area contributed by atoms with Crippen LogP contribution in [0.15, 0.2) is 24.5 Å². The highest BCUT2D eigenvalue weighted by Gasteiger charge is 2.29. The Hall–Kier alpha value is -1.03. The number of halogens is 2. The van der Waals surface area contributed by atoms with Crippen molar-refractivity contribution in [2.24, 2.45) is 0 Å². The van der Waals surface area contributed by atoms with Crippen LogP contribution in [0, 0.1) is 0 Å². The summed E-state index contributed by atoms with van der Waals surface area (Å²) in [4.78, 5) is 3.58. The van der Waals surface area contributed by atoms with Crippen LogP contribution < -0.4 is 0 Å². The second kappa shape index (κ2) is 2.92. The summed E-state index contributed by atoms with van der Waals surface area (Å²) in [5, 5.41) is 8.28. The van der Waals surface area contributed by atoms with E-state index in [0.717, 1.165) is 0 Å². The first-order valence-corrected chi connectivity index (χ1v) is 3.06. The number of aromatic nitrogens is 1. The lowest BCUT2D eigenvalue weighted by molar-refractivity contribution is -0.0556. The zero-order chi connectivity index (χ0) is 8.32. The van der Waals surface area contributed by atoms with Crippen molar-refractivity contribution in [1.82, 2.24) is 4.98 Å². The van der Waals surface area contributed by atoms with E-state index in [-0.39, 0.29) is 5.56 Å². The molecule has 0 amide bonds. The number of hydrogen-bond acceptors (Lipinski definition) is 2. The number of nitrogens with zero attached hydrogens (tertiary/aromatic N) is 1. The number of hydrogen-bond donors (Lipinski definition) is 1. The van der Waals surface area contributed by atoms with Crippen LogP contribution in [0.5, 0.6) is 0 Å². The van der Waals surface area contributed by atoms with E-state index in [9.17, 15) is 8.78 Å². The van der Waals surface area contributed by atoms with E-state index in [0.29, 0.717) is 0 Å². The Morgan fingerprint density at radius 3 is 2.36 bits per heavy atom. The smallest absolute Gasteiger partial charge is 0.295 e. The molecule has 1 N–H and O–H groups in total. The second-order valence-electron chi connectivity index (χ2n) is 2.10. The van der Waals surface area contributed by atoms with Crippen molar-refractivity contribution in [3.63, 3.8) is 0 Å². The van der Waals surface area contributed by atoms with Gasteiger partial charge in [0, 0.05) is 18.0 Å². The van der Waals surface area contributed by atoms with Crippen LogP contribution in [0.4, 0.5) is 8.78 Å². The van der Waals surface area contributed by atoms with Crippen LogP contribution in [0.1, 0.15) is 5.56 Å². The molecule has 0 saturated carbocycles. The molecule has 2 nitrogen and oxygen atoms in total. The molecule has 0 unspecified atom stereocenters. The minimum absolute atomic E-state index is 0.213. The number of alkyl halides is 2. The molecule has 60 valence electrons. The van der Waals surface area contributed by atoms with E-state index in [1.54, 1.807) is 0 Å². The van der Waals surface area contributed by atoms with Gasteiger partial charge in [0.05, 0.1) is 0 Å². The molecule has 0 aliphatic carbocycles. The van der Waals surface area contributed by atoms with Gasteiger partial charge in [0.1, 0.15) is 6.61 Å². The molecule has 11 heavy (non-hydrogen) atoms. The lowest BCUT2D eigenvalue weighted by Crippen LogP contribution is -2.18. The molecule has 0 aliphatic rings. The van der Waals surface area contributed by atoms with E-state index in [2.05, 4.69) is 4.98 Å². The quantitative estimate of drug-likeness (QED) is 0.702. The second-order valence-corrected chi connectivity index (χ2v) is 2.10. The number of aliphatic hydroxyl groups excluding tert-OH is 1. The van der Waals surface area contributed by atoms with Gasteiger partial charge < -0.3 is 5.11 Å². The van der Waals surface area contributed by atoms with Crippen LogP contribution in [-0.4, -0.2) is 16.7 Å². The van der Waals surface area contributed by atoms with Crippen molar-refractivity contribution >= 4 is 0 Å². The molecule has 0 radical (unpaired) electrons. The van der Waals surface area contributed by atoms with E-state index < -0.39 is 12.5 Å². The summed E-state index contributed by atoms with van der Waals surface area (Å²) < 4.78 is 25.2. The molecule has 0 fully saturated rings. The maximum absolute atomic E-state index is 12.6. The van der Waals surface area contributed by atoms with Crippen LogP contribution in [0.2, 0.25) is 0 Å². The van der Waals surface area contributed by atoms with E-state index >= 15 is 0 Å². The number of aliphatic hydroxyl groups is 1. The van der Waals surface area contributed by atoms with E-state index in [1.807, 2.05) is 0 Å². The molecule has 0 spiro atoms. The fourth-order valence-electron chi connectivity index (χ4n) is 0.687. The predicted molar refractivity (Wildman–Crippen MR) is 35.2 cm³/mol. The van der Waals surface area contributed by atoms with Gasteiger partial charge in [-0.3, -0.25) is 4.98 Å². The Morgan fingerprint density at radius 2 is 1.91 bits per heavy atom. The van der Waals surface area contributed by atoms with Gasteiger partial charge >= 0.3 is 0 Å². The first-order chi connectivity index (χ1) is 5.17. The van der Waals surface area contributed by atoms with Crippen LogP contribution in [-0.2, 0) is 5.92 Å². The van der Waals surface area contributed by atoms with Gasteiger partial charge in [-0.25, -0.2) is 0 Å². The normalized spacial score (nSPS) is 11.5. The van der Waals surface area contributed by atoms with Crippen molar-refractivity contribution in [2.45, 2.75) is 5.92 Å². The molecule has 0 aromatic carbocycles. The molecule has 1 rings (SSSR count). The lowest BCUT2D eigenvalue weighted by Gasteiger charge is -2.11. The Kier molecular flexibility index (Phi) is 2.14. The minimum Gasteiger partial charge on any atom is -0.390 e. The van der Waals surface area contributed by atoms with Crippen molar-refractivity contribution < 1.29 is 13.9 Å². The Labute approximate surface area is 62.5 Å². The summed E-state index contributed by atoms with van der Waals surface area (Å²) in [7, 11) is 0. The Bertz CT molecular complexity index is 225. The number of pyridine rings is 1. The maximum atomic E-state index is 12.6. The highest BCUT2D eigenvalue weighted by molar-refractivity contribution is 5.15. The summed E-state index contributed by atoms with van der Waals surface area (Å²) in [6.45, 7) is -1.17. The molecular formula is C7H7F2NO. The van der Waals surface area contributed by atoms with Gasteiger partial charge in [-0.15, -0.1) is 0 Å². The Morgan fingerprint density at radius 1 is 1.36 bits per heavy atom. The molecule has 1 heterocycles. The standard InChI is InChI=1S/C7H7F2NO/c8-7(9,5-11)6-1-3-10-4-2-6/h1-4,11H,5H2. The molecule has 0 saturated heterocycles. The molecule has 0 atom stereocenters. The average Bonchev–Trinajstić information content (AvgIpc) is 2.06. The van der Waals surface area contributed by atoms with Gasteiger partial charge in [-0.2, -0.15) is 8.78 Å². The SMILES string of the molecule is OCC(F)(F)c1ccncc1. The minimum atomic E-state index is -3.15. The molecule has 1 aromatic rings. The van der Waals surface area contributed by atoms with Crippen LogP contribution >= 0.6 is 0 Å². The Balaban J connectivity index is 2.93. The first kappa shape index (κ1) is 8.07. The first-order valence-electron chi connectivity index (χ1n) is 3.06. The van der Waals surface area contributed by atoms with Crippen molar-refractivity contribution in [3.05, 3.63) is 30.1 Å². The third-order valence-electron chi connectivity index (χ3n) is 1.30. The zero-order valence-corrected chi connectivity index (χ0v) is 5.67. The fraction of sp³-hybridized carbons (Fsp3) is 0.286. The van der Waals surface area contributed by atoms with Gasteiger partial charge in [-0.05, 0) is 12.1 Å². The van der Waals surface area contributed by atoms with Gasteiger partial charge in [-0.1, -0.05) is 0 Å². The van der Waals surface area contributed by atoms with E-state index in [1.165, 1.54) is 24.5 Å². The predicted octanol–water partition coefficient (Wildman–Crippen LogP) is 1.17. The molecular weight excluding hydrogens is 152 g/mol.